The van der Waals surface area contributed by atoms with Gasteiger partial charge < -0.3 is 4.90 Å². The summed E-state index contributed by atoms with van der Waals surface area (Å²) in [7, 11) is 0. The summed E-state index contributed by atoms with van der Waals surface area (Å²) in [5.41, 5.74) is -5.51. The lowest BCUT2D eigenvalue weighted by Crippen LogP contribution is -2.28. The van der Waals surface area contributed by atoms with Crippen LogP contribution in [0.5, 0.6) is 0 Å². The van der Waals surface area contributed by atoms with E-state index in [9.17, 15) is 16.4 Å². The van der Waals surface area contributed by atoms with E-state index in [0.717, 1.165) is 55.6 Å². The number of anilines is 3. The maximum atomic E-state index is 10.4. The van der Waals surface area contributed by atoms with Crippen molar-refractivity contribution in [1.82, 2.24) is 0 Å². The van der Waals surface area contributed by atoms with Crippen molar-refractivity contribution >= 4 is 27.8 Å². The molecular formula is C72H55N. The van der Waals surface area contributed by atoms with Crippen LogP contribution in [0.4, 0.5) is 17.1 Å². The van der Waals surface area contributed by atoms with Gasteiger partial charge in [-0.2, -0.15) is 0 Å². The first-order chi connectivity index (χ1) is 46.0. The molecule has 3 aliphatic carbocycles. The lowest BCUT2D eigenvalue weighted by atomic mass is 9.67. The molecule has 73 heavy (non-hydrogen) atoms. The minimum atomic E-state index is -3.97. The van der Waals surface area contributed by atoms with Gasteiger partial charge in [0.1, 0.15) is 0 Å². The third-order valence-electron chi connectivity index (χ3n) is 15.0. The van der Waals surface area contributed by atoms with E-state index in [1.165, 1.54) is 0 Å². The summed E-state index contributed by atoms with van der Waals surface area (Å²) < 4.78 is 236. The van der Waals surface area contributed by atoms with E-state index < -0.39 is 194 Å². The van der Waals surface area contributed by atoms with E-state index in [1.807, 2.05) is 133 Å². The fourth-order valence-electron chi connectivity index (χ4n) is 11.8. The van der Waals surface area contributed by atoms with Gasteiger partial charge in [0, 0.05) is 40.2 Å². The summed E-state index contributed by atoms with van der Waals surface area (Å²) in [4.78, 5) is 1.59. The van der Waals surface area contributed by atoms with Gasteiger partial charge >= 0.3 is 0 Å². The summed E-state index contributed by atoms with van der Waals surface area (Å²) in [5.74, 6) is 0. The van der Waals surface area contributed by atoms with Gasteiger partial charge in [0.15, 0.2) is 0 Å². The van der Waals surface area contributed by atoms with Crippen LogP contribution >= 0.6 is 0 Å². The molecule has 0 atom stereocenters. The van der Waals surface area contributed by atoms with Crippen molar-refractivity contribution in [3.05, 3.63) is 292 Å². The third-order valence-corrected chi connectivity index (χ3v) is 15.0. The highest BCUT2D eigenvalue weighted by molar-refractivity contribution is 6.05. The van der Waals surface area contributed by atoms with Crippen LogP contribution in [0.1, 0.15) is 112 Å². The molecule has 0 radical (unpaired) electrons. The predicted octanol–water partition coefficient (Wildman–Crippen LogP) is 18.9. The Balaban J connectivity index is 1.13. The monoisotopic (exact) mass is 959 g/mol. The van der Waals surface area contributed by atoms with Gasteiger partial charge in [-0.3, -0.25) is 0 Å². The zero-order valence-corrected chi connectivity index (χ0v) is 39.3. The molecule has 11 aromatic rings. The van der Waals surface area contributed by atoms with Gasteiger partial charge in [-0.05, 0) is 166 Å². The molecular weight excluding hydrogens is 879 g/mol. The van der Waals surface area contributed by atoms with Crippen LogP contribution in [0, 0.1) is 6.85 Å². The molecule has 0 fully saturated rings. The molecule has 0 unspecified atom stereocenters. The second-order valence-electron chi connectivity index (χ2n) is 19.2. The lowest BCUT2D eigenvalue weighted by molar-refractivity contribution is 0.656. The van der Waals surface area contributed by atoms with Crippen molar-refractivity contribution in [2.24, 2.45) is 0 Å². The minimum absolute atomic E-state index is 0.350. The molecule has 11 aromatic carbocycles. The Bertz CT molecular complexity index is 5260. The Morgan fingerprint density at radius 3 is 1.73 bits per heavy atom. The Morgan fingerprint density at radius 2 is 1.01 bits per heavy atom. The first-order valence-corrected chi connectivity index (χ1v) is 23.9. The summed E-state index contributed by atoms with van der Waals surface area (Å²) in [6.45, 7) is -7.64. The van der Waals surface area contributed by atoms with Gasteiger partial charge in [0.05, 0.1) is 27.3 Å². The Labute approximate surface area is 464 Å². The highest BCUT2D eigenvalue weighted by atomic mass is 15.1. The highest BCUT2D eigenvalue weighted by Gasteiger charge is 2.46. The zero-order chi connectivity index (χ0) is 70.6. The smallest absolute Gasteiger partial charge is 0.0714 e. The molecule has 0 saturated carbocycles. The first-order valence-electron chi connectivity index (χ1n) is 36.4. The summed E-state index contributed by atoms with van der Waals surface area (Å²) in [6, 6.07) is 30.4. The number of hydrogen-bond acceptors (Lipinski definition) is 1. The van der Waals surface area contributed by atoms with Crippen LogP contribution in [0.25, 0.3) is 66.4 Å². The first kappa shape index (κ1) is 24.7. The molecule has 0 N–H and O–H groups in total. The molecule has 0 aromatic heterocycles. The maximum Gasteiger partial charge on any atom is 0.0714 e. The van der Waals surface area contributed by atoms with Gasteiger partial charge in [0.25, 0.3) is 0 Å². The lowest BCUT2D eigenvalue weighted by Gasteiger charge is -2.35. The van der Waals surface area contributed by atoms with Crippen LogP contribution in [0.3, 0.4) is 0 Å². The van der Waals surface area contributed by atoms with Crippen LogP contribution in [0.2, 0.25) is 0 Å². The predicted molar refractivity (Wildman–Crippen MR) is 307 cm³/mol. The van der Waals surface area contributed by atoms with Crippen LogP contribution < -0.4 is 4.90 Å². The molecule has 1 nitrogen and oxygen atoms in total. The molecule has 1 heteroatoms. The van der Waals surface area contributed by atoms with E-state index in [-0.39, 0.29) is 5.69 Å². The summed E-state index contributed by atoms with van der Waals surface area (Å²) in [6.07, 6.45) is 0. The van der Waals surface area contributed by atoms with E-state index >= 15 is 0 Å². The van der Waals surface area contributed by atoms with Gasteiger partial charge in [-0.25, -0.2) is 0 Å². The fourth-order valence-corrected chi connectivity index (χ4v) is 11.8. The quantitative estimate of drug-likeness (QED) is 0.154. The van der Waals surface area contributed by atoms with E-state index in [2.05, 4.69) is 19.9 Å². The molecule has 0 bridgehead atoms. The fraction of sp³-hybridized carbons (Fsp3) is 0.111. The third kappa shape index (κ3) is 6.22. The molecule has 0 amide bonds. The Hall–Kier alpha value is -8.52. The molecule has 14 rings (SSSR count). The van der Waals surface area contributed by atoms with Crippen molar-refractivity contribution in [3.63, 3.8) is 0 Å². The number of nitrogens with zero attached hydrogens (tertiary/aromatic N) is 1. The second kappa shape index (κ2) is 16.0. The summed E-state index contributed by atoms with van der Waals surface area (Å²) in [5, 5.41) is -1.59. The van der Waals surface area contributed by atoms with E-state index in [4.69, 9.17) is 17.8 Å². The van der Waals surface area contributed by atoms with Gasteiger partial charge in [0.2, 0.25) is 0 Å². The number of benzene rings is 11. The standard InChI is InChI=1S/C72H55N/c1-46-42-49(43-62-59-28-15-18-30-64(59)71(4,5)69(46)62)68-55-25-13-12-20-47(55)34-39-56(68)48-32-35-52(36-33-48)73(53-37-40-60-57-26-14-17-29-63(57)70(2,3)66(60)44-53)54-38-41-61-58-27-16-19-31-65(58)72(67(61)45-54,50-21-8-6-9-22-50)51-23-10-7-11-24-51/h6-45H,1-5H3/i1D3,4D3,5D3,12D,13D,15D,18D,20D,25D,28D,30D,32D,33D,34D,35D,36D,39D,42D,43D. The van der Waals surface area contributed by atoms with Crippen LogP contribution in [-0.4, -0.2) is 0 Å². The van der Waals surface area contributed by atoms with Crippen molar-refractivity contribution in [3.8, 4) is 55.6 Å². The molecule has 0 aliphatic heterocycles. The second-order valence-corrected chi connectivity index (χ2v) is 19.2. The largest absolute Gasteiger partial charge is 0.310 e. The minimum Gasteiger partial charge on any atom is -0.310 e. The average Bonchev–Trinajstić information content (AvgIpc) is 1.46. The normalized spacial score (nSPS) is 20.1. The Morgan fingerprint density at radius 1 is 0.411 bits per heavy atom. The topological polar surface area (TPSA) is 3.24 Å². The number of hydrogen-bond donors (Lipinski definition) is 0. The zero-order valence-electron chi connectivity index (χ0n) is 64.3. The maximum absolute atomic E-state index is 10.4. The number of rotatable bonds is 7. The molecule has 348 valence electrons. The van der Waals surface area contributed by atoms with Crippen molar-refractivity contribution in [2.45, 2.75) is 50.6 Å². The average molecular weight is 959 g/mol. The highest BCUT2D eigenvalue weighted by Crippen LogP contribution is 2.58. The van der Waals surface area contributed by atoms with Crippen molar-refractivity contribution < 1.29 is 34.3 Å². The van der Waals surface area contributed by atoms with Gasteiger partial charge in [-0.15, -0.1) is 0 Å². The molecule has 0 spiro atoms. The SMILES string of the molecule is [2H]c1c([2H])c([2H])c2c(c1[2H])-c1c([2H])c(-c3c(-c4c([2H])c([2H])c(N(c5ccc6c(c5)C(C)(C)c5ccccc5-6)c5ccc6c(c5)C(c5ccccc5)(c5ccccc5)c5ccccc5-6)c([2H])c4[2H])c([2H])c([2H])c4c([2H])c([2H])c([2H])c([2H])c34)c([2H])c(C([2H])([2H])[2H])c1C2(C([2H])([2H])[2H])C([2H])([2H])[2H]. The molecule has 0 heterocycles. The van der Waals surface area contributed by atoms with E-state index in [1.54, 1.807) is 11.0 Å². The number of fused-ring (bicyclic) bond motifs is 10. The summed E-state index contributed by atoms with van der Waals surface area (Å²) >= 11 is 0. The van der Waals surface area contributed by atoms with E-state index in [0.29, 0.717) is 11.4 Å². The molecule has 0 saturated heterocycles. The molecule has 3 aliphatic rings. The van der Waals surface area contributed by atoms with Gasteiger partial charge in [-0.1, -0.05) is 227 Å². The Kier molecular flexibility index (Phi) is 5.42. The van der Waals surface area contributed by atoms with Crippen LogP contribution in [0.15, 0.2) is 242 Å². The van der Waals surface area contributed by atoms with Crippen LogP contribution in [-0.2, 0) is 16.2 Å². The van der Waals surface area contributed by atoms with Crippen molar-refractivity contribution in [2.75, 3.05) is 4.90 Å². The van der Waals surface area contributed by atoms with Crippen molar-refractivity contribution in [1.29, 1.82) is 0 Å².